The first-order chi connectivity index (χ1) is 30.5. The summed E-state index contributed by atoms with van der Waals surface area (Å²) in [6.45, 7) is 19.2. The molecule has 0 aliphatic carbocycles. The van der Waals surface area contributed by atoms with Crippen molar-refractivity contribution >= 4 is 27.8 Å². The number of carboxylic acid groups (broad SMARTS) is 1. The number of hydrogen-bond donors (Lipinski definition) is 5. The zero-order valence-electron chi connectivity index (χ0n) is 40.0. The summed E-state index contributed by atoms with van der Waals surface area (Å²) in [6, 6.07) is 5.62. The van der Waals surface area contributed by atoms with E-state index in [2.05, 4.69) is 10.0 Å². The predicted octanol–water partition coefficient (Wildman–Crippen LogP) is 6.88. The third-order valence-corrected chi connectivity index (χ3v) is 17.4. The number of hydrogen-bond acceptors (Lipinski definition) is 12. The number of ketones is 1. The molecule has 5 heterocycles. The van der Waals surface area contributed by atoms with Crippen LogP contribution in [0.25, 0.3) is 0 Å². The first-order valence-corrected chi connectivity index (χ1v) is 25.6. The van der Waals surface area contributed by atoms with E-state index in [0.29, 0.717) is 51.4 Å². The zero-order valence-corrected chi connectivity index (χ0v) is 40.8. The molecule has 5 aliphatic rings. The minimum atomic E-state index is -4.23. The van der Waals surface area contributed by atoms with E-state index in [9.17, 15) is 38.1 Å². The number of aliphatic hydroxyl groups excluding tert-OH is 1. The van der Waals surface area contributed by atoms with Gasteiger partial charge in [0.25, 0.3) is 10.0 Å². The van der Waals surface area contributed by atoms with Gasteiger partial charge in [-0.25, -0.2) is 17.9 Å². The Bertz CT molecular complexity index is 1990. The van der Waals surface area contributed by atoms with Gasteiger partial charge in [0.05, 0.1) is 58.6 Å². The number of benzene rings is 1. The van der Waals surface area contributed by atoms with E-state index < -0.39 is 111 Å². The fraction of sp³-hybridized carbons (Fsp3) is 0.776. The van der Waals surface area contributed by atoms with Crippen LogP contribution < -0.4 is 10.0 Å². The van der Waals surface area contributed by atoms with Gasteiger partial charge in [-0.15, -0.1) is 0 Å². The van der Waals surface area contributed by atoms with Crippen LogP contribution in [0.1, 0.15) is 133 Å². The lowest BCUT2D eigenvalue weighted by molar-refractivity contribution is -0.397. The molecular formula is C49H76N2O13S. The number of carboxylic acids is 1. The number of amides is 2. The van der Waals surface area contributed by atoms with E-state index in [1.165, 1.54) is 12.1 Å². The van der Waals surface area contributed by atoms with Gasteiger partial charge in [-0.3, -0.25) is 9.59 Å². The highest BCUT2D eigenvalue weighted by Gasteiger charge is 2.63. The molecule has 2 spiro atoms. The van der Waals surface area contributed by atoms with Crippen LogP contribution in [0.15, 0.2) is 47.4 Å². The number of rotatable bonds is 15. The lowest BCUT2D eigenvalue weighted by atomic mass is 9.72. The predicted molar refractivity (Wildman–Crippen MR) is 242 cm³/mol. The minimum absolute atomic E-state index is 0.0575. The number of aliphatic carboxylic acids is 1. The molecule has 5 N–H and O–H groups in total. The Morgan fingerprint density at radius 1 is 0.877 bits per heavy atom. The summed E-state index contributed by atoms with van der Waals surface area (Å²) in [5.74, 6) is -6.90. The quantitative estimate of drug-likeness (QED) is 0.114. The molecule has 0 radical (unpaired) electrons. The number of urea groups is 1. The van der Waals surface area contributed by atoms with E-state index in [4.69, 9.17) is 23.7 Å². The fourth-order valence-electron chi connectivity index (χ4n) is 11.6. The van der Waals surface area contributed by atoms with Crippen molar-refractivity contribution < 1.29 is 61.8 Å². The highest BCUT2D eigenvalue weighted by molar-refractivity contribution is 7.90. The molecule has 366 valence electrons. The Kier molecular flexibility index (Phi) is 15.8. The van der Waals surface area contributed by atoms with Gasteiger partial charge in [-0.05, 0) is 102 Å². The van der Waals surface area contributed by atoms with Crippen LogP contribution in [0.5, 0.6) is 0 Å². The van der Waals surface area contributed by atoms with Crippen molar-refractivity contribution in [3.63, 3.8) is 0 Å². The van der Waals surface area contributed by atoms with E-state index >= 15 is 0 Å². The maximum atomic E-state index is 14.7. The zero-order chi connectivity index (χ0) is 47.9. The van der Waals surface area contributed by atoms with Gasteiger partial charge in [0, 0.05) is 30.1 Å². The highest BCUT2D eigenvalue weighted by atomic mass is 32.2. The molecule has 4 saturated heterocycles. The second kappa shape index (κ2) is 19.9. The Morgan fingerprint density at radius 2 is 1.55 bits per heavy atom. The number of aliphatic hydroxyl groups is 2. The molecule has 6 rings (SSSR count). The van der Waals surface area contributed by atoms with E-state index in [1.54, 1.807) is 37.3 Å². The van der Waals surface area contributed by atoms with Crippen LogP contribution in [0, 0.1) is 41.4 Å². The number of nitrogens with one attached hydrogen (secondary N) is 2. The number of carbonyl (C=O) groups excluding carboxylic acids is 2. The number of sulfonamides is 1. The molecule has 0 saturated carbocycles. The van der Waals surface area contributed by atoms with E-state index in [0.717, 1.165) is 6.42 Å². The van der Waals surface area contributed by atoms with Gasteiger partial charge in [-0.1, -0.05) is 79.7 Å². The summed E-state index contributed by atoms with van der Waals surface area (Å²) < 4.78 is 62.9. The SMILES string of the molecule is CCC(C(=O)[C@@H](C)[C@@H](O)[C@H](C)[C@@H]1O[C@@H]([C@@H](CC)C(=O)O)CC[C@@H]1C)[C@H]1O[C@]2(C=CC(NC(=O)NS(=O)(=O)c3ccccc3)[C@]3(CC[C@@](C)([C@H]4CC[C@](O)(CC)[C@H](C)O4)O3)O2)[C@H](C)C[C@@H]1C. The van der Waals surface area contributed by atoms with Crippen molar-refractivity contribution in [1.82, 2.24) is 10.0 Å². The maximum absolute atomic E-state index is 14.7. The molecule has 1 aromatic carbocycles. The lowest BCUT2D eigenvalue weighted by Crippen LogP contribution is -2.66. The number of carbonyl (C=O) groups is 3. The summed E-state index contributed by atoms with van der Waals surface area (Å²) in [5, 5.41) is 35.8. The van der Waals surface area contributed by atoms with Crippen molar-refractivity contribution in [3.8, 4) is 0 Å². The van der Waals surface area contributed by atoms with Gasteiger partial charge >= 0.3 is 12.0 Å². The molecule has 16 heteroatoms. The van der Waals surface area contributed by atoms with Crippen LogP contribution in [-0.2, 0) is 43.3 Å². The largest absolute Gasteiger partial charge is 0.481 e. The molecule has 15 nitrogen and oxygen atoms in total. The van der Waals surface area contributed by atoms with Crippen molar-refractivity contribution in [3.05, 3.63) is 42.5 Å². The number of Topliss-reactive ketones (excluding diaryl/α,β-unsaturated/α-hetero) is 1. The summed E-state index contributed by atoms with van der Waals surface area (Å²) >= 11 is 0. The maximum Gasteiger partial charge on any atom is 0.329 e. The highest BCUT2D eigenvalue weighted by Crippen LogP contribution is 2.54. The van der Waals surface area contributed by atoms with Gasteiger partial charge in [0.2, 0.25) is 0 Å². The van der Waals surface area contributed by atoms with Gasteiger partial charge in [0.1, 0.15) is 11.8 Å². The second-order valence-electron chi connectivity index (χ2n) is 20.3. The standard InChI is InChI=1S/C49H76N2O13S/c1-11-35(44(54)55)37-20-19-28(4)42(61-37)32(8)40(52)31(7)41(53)36(12-2)43-29(5)27-30(6)48(62-43)24-21-38(50-45(56)51-65(58,59)34-17-15-14-16-18-34)49(64-48)26-25-46(10,63-49)39-22-23-47(57,13-3)33(9)60-39/h14-18,21,24,28-33,35-40,42-43,52,57H,11-13,19-20,22-23,25-27H2,1-10H3,(H,54,55)(H2,50,51,56)/t28-,29-,30+,31-,32-,33-,35+,36?,37+,38?,39+,40+,42+,43-,46-,47+,48-,49-/m0/s1. The molecule has 0 bridgehead atoms. The summed E-state index contributed by atoms with van der Waals surface area (Å²) in [7, 11) is -4.23. The average molecular weight is 933 g/mol. The van der Waals surface area contributed by atoms with Crippen molar-refractivity contribution in [2.75, 3.05) is 0 Å². The summed E-state index contributed by atoms with van der Waals surface area (Å²) in [4.78, 5) is 40.3. The van der Waals surface area contributed by atoms with Crippen LogP contribution >= 0.6 is 0 Å². The van der Waals surface area contributed by atoms with Crippen LogP contribution in [-0.4, -0.2) is 107 Å². The average Bonchev–Trinajstić information content (AvgIpc) is 3.61. The summed E-state index contributed by atoms with van der Waals surface area (Å²) in [6.07, 6.45) is 5.03. The van der Waals surface area contributed by atoms with Crippen LogP contribution in [0.4, 0.5) is 4.79 Å². The van der Waals surface area contributed by atoms with Gasteiger partial charge < -0.3 is 44.3 Å². The topological polar surface area (TPSA) is 216 Å². The second-order valence-corrected chi connectivity index (χ2v) is 22.0. The van der Waals surface area contributed by atoms with Gasteiger partial charge in [-0.2, -0.15) is 0 Å². The Hall–Kier alpha value is -2.96. The summed E-state index contributed by atoms with van der Waals surface area (Å²) in [5.41, 5.74) is -1.92. The Morgan fingerprint density at radius 3 is 2.17 bits per heavy atom. The minimum Gasteiger partial charge on any atom is -0.481 e. The molecular weight excluding hydrogens is 857 g/mol. The van der Waals surface area contributed by atoms with Crippen LogP contribution in [0.2, 0.25) is 0 Å². The first kappa shape index (κ1) is 51.4. The lowest BCUT2D eigenvalue weighted by Gasteiger charge is -2.55. The third-order valence-electron chi connectivity index (χ3n) is 16.0. The molecule has 0 aromatic heterocycles. The fourth-order valence-corrected chi connectivity index (χ4v) is 12.6. The molecule has 18 atom stereocenters. The Balaban J connectivity index is 1.26. The smallest absolute Gasteiger partial charge is 0.329 e. The van der Waals surface area contributed by atoms with Crippen molar-refractivity contribution in [2.45, 2.75) is 204 Å². The molecule has 65 heavy (non-hydrogen) atoms. The van der Waals surface area contributed by atoms with Crippen molar-refractivity contribution in [2.24, 2.45) is 41.4 Å². The Labute approximate surface area is 386 Å². The molecule has 4 fully saturated rings. The monoisotopic (exact) mass is 933 g/mol. The molecule has 2 amide bonds. The molecule has 2 unspecified atom stereocenters. The molecule has 1 aromatic rings. The first-order valence-electron chi connectivity index (χ1n) is 24.1. The van der Waals surface area contributed by atoms with E-state index in [-0.39, 0.29) is 34.9 Å². The number of ether oxygens (including phenoxy) is 5. The van der Waals surface area contributed by atoms with Crippen LogP contribution in [0.3, 0.4) is 0 Å². The van der Waals surface area contributed by atoms with E-state index in [1.807, 2.05) is 62.3 Å². The van der Waals surface area contributed by atoms with Gasteiger partial charge in [0.15, 0.2) is 11.6 Å². The van der Waals surface area contributed by atoms with Crippen molar-refractivity contribution in [1.29, 1.82) is 0 Å². The third kappa shape index (κ3) is 10.3. The molecule has 5 aliphatic heterocycles. The normalized spacial score (nSPS) is 39.8.